The van der Waals surface area contributed by atoms with Crippen LogP contribution in [0.15, 0.2) is 12.2 Å². The molecule has 0 aromatic carbocycles. The van der Waals surface area contributed by atoms with E-state index >= 15 is 0 Å². The average Bonchev–Trinajstić information content (AvgIpc) is 2.04. The van der Waals surface area contributed by atoms with Crippen LogP contribution in [-0.4, -0.2) is 11.1 Å². The largest absolute Gasteiger partial charge is 0.478 e. The van der Waals surface area contributed by atoms with Crippen molar-refractivity contribution in [3.63, 3.8) is 0 Å². The third-order valence-electron chi connectivity index (χ3n) is 2.59. The van der Waals surface area contributed by atoms with E-state index in [4.69, 9.17) is 5.11 Å². The van der Waals surface area contributed by atoms with E-state index in [1.165, 1.54) is 0 Å². The first-order chi connectivity index (χ1) is 5.89. The van der Waals surface area contributed by atoms with Gasteiger partial charge >= 0.3 is 5.97 Å². The topological polar surface area (TPSA) is 37.3 Å². The summed E-state index contributed by atoms with van der Waals surface area (Å²) in [6.45, 7) is 10.1. The van der Waals surface area contributed by atoms with E-state index in [-0.39, 0.29) is 0 Å². The van der Waals surface area contributed by atoms with Gasteiger partial charge in [0.25, 0.3) is 0 Å². The third kappa shape index (κ3) is 5.45. The lowest BCUT2D eigenvalue weighted by molar-refractivity contribution is -0.132. The summed E-state index contributed by atoms with van der Waals surface area (Å²) in [5.41, 5.74) is 0.658. The third-order valence-corrected chi connectivity index (χ3v) is 2.59. The second-order valence-electron chi connectivity index (χ2n) is 4.28. The molecule has 0 bridgehead atoms. The highest BCUT2D eigenvalue weighted by atomic mass is 16.4. The normalized spacial score (nSPS) is 11.3. The number of aliphatic carboxylic acids is 1. The van der Waals surface area contributed by atoms with E-state index in [0.29, 0.717) is 17.4 Å². The van der Waals surface area contributed by atoms with E-state index in [1.54, 1.807) is 0 Å². The van der Waals surface area contributed by atoms with Crippen molar-refractivity contribution >= 4 is 5.97 Å². The quantitative estimate of drug-likeness (QED) is 0.643. The minimum Gasteiger partial charge on any atom is -0.478 e. The summed E-state index contributed by atoms with van der Waals surface area (Å²) in [7, 11) is 0. The van der Waals surface area contributed by atoms with Gasteiger partial charge in [-0.2, -0.15) is 0 Å². The van der Waals surface area contributed by atoms with Crippen LogP contribution in [0, 0.1) is 5.41 Å². The molecule has 0 aromatic heterocycles. The predicted octanol–water partition coefficient (Wildman–Crippen LogP) is 3.23. The van der Waals surface area contributed by atoms with Crippen LogP contribution < -0.4 is 0 Å². The minimum atomic E-state index is -0.866. The van der Waals surface area contributed by atoms with Crippen molar-refractivity contribution in [1.29, 1.82) is 0 Å². The second kappa shape index (κ2) is 5.05. The minimum absolute atomic E-state index is 0.326. The van der Waals surface area contributed by atoms with Gasteiger partial charge in [-0.15, -0.1) is 0 Å². The van der Waals surface area contributed by atoms with Crippen molar-refractivity contribution < 1.29 is 9.90 Å². The van der Waals surface area contributed by atoms with E-state index in [9.17, 15) is 4.79 Å². The maximum atomic E-state index is 10.4. The lowest BCUT2D eigenvalue weighted by atomic mass is 9.84. The molecular weight excluding hydrogens is 164 g/mol. The Hall–Kier alpha value is -0.790. The molecule has 1 N–H and O–H groups in total. The highest BCUT2D eigenvalue weighted by Crippen LogP contribution is 2.27. The van der Waals surface area contributed by atoms with Gasteiger partial charge in [0.2, 0.25) is 0 Å². The Balaban J connectivity index is 3.68. The van der Waals surface area contributed by atoms with Crippen molar-refractivity contribution in [3.8, 4) is 0 Å². The van der Waals surface area contributed by atoms with Crippen LogP contribution in [0.2, 0.25) is 0 Å². The first-order valence-corrected chi connectivity index (χ1v) is 4.80. The molecule has 0 heterocycles. The van der Waals surface area contributed by atoms with Crippen LogP contribution >= 0.6 is 0 Å². The Morgan fingerprint density at radius 1 is 1.46 bits per heavy atom. The number of hydrogen-bond donors (Lipinski definition) is 1. The Labute approximate surface area is 80.7 Å². The number of carboxylic acid groups (broad SMARTS) is 1. The smallest absolute Gasteiger partial charge is 0.330 e. The zero-order valence-corrected chi connectivity index (χ0v) is 8.89. The number of rotatable bonds is 6. The zero-order chi connectivity index (χ0) is 10.5. The summed E-state index contributed by atoms with van der Waals surface area (Å²) in [5, 5.41) is 8.57. The molecule has 13 heavy (non-hydrogen) atoms. The molecule has 0 aliphatic carbocycles. The Morgan fingerprint density at radius 2 is 2.00 bits per heavy atom. The van der Waals surface area contributed by atoms with E-state index in [2.05, 4.69) is 27.4 Å². The predicted molar refractivity (Wildman–Crippen MR) is 54.7 cm³/mol. The molecule has 0 spiro atoms. The SMILES string of the molecule is C=C(CCCC(C)(C)CC)C(=O)O. The zero-order valence-electron chi connectivity index (χ0n) is 8.89. The average molecular weight is 184 g/mol. The van der Waals surface area contributed by atoms with Crippen molar-refractivity contribution in [3.05, 3.63) is 12.2 Å². The molecule has 0 saturated heterocycles. The molecule has 0 aliphatic rings. The molecule has 0 atom stereocenters. The van der Waals surface area contributed by atoms with Crippen molar-refractivity contribution in [2.24, 2.45) is 5.41 Å². The summed E-state index contributed by atoms with van der Waals surface area (Å²) in [4.78, 5) is 10.4. The molecule has 0 unspecified atom stereocenters. The summed E-state index contributed by atoms with van der Waals surface area (Å²) in [5.74, 6) is -0.866. The van der Waals surface area contributed by atoms with Gasteiger partial charge in [-0.25, -0.2) is 4.79 Å². The fourth-order valence-electron chi connectivity index (χ4n) is 1.06. The number of carboxylic acids is 1. The summed E-state index contributed by atoms with van der Waals surface area (Å²) < 4.78 is 0. The van der Waals surface area contributed by atoms with Crippen molar-refractivity contribution in [1.82, 2.24) is 0 Å². The first kappa shape index (κ1) is 12.2. The van der Waals surface area contributed by atoms with Crippen LogP contribution in [0.3, 0.4) is 0 Å². The second-order valence-corrected chi connectivity index (χ2v) is 4.28. The maximum Gasteiger partial charge on any atom is 0.330 e. The summed E-state index contributed by atoms with van der Waals surface area (Å²) in [6, 6.07) is 0. The van der Waals surface area contributed by atoms with Crippen molar-refractivity contribution in [2.75, 3.05) is 0 Å². The van der Waals surface area contributed by atoms with Gasteiger partial charge in [0, 0.05) is 5.57 Å². The Morgan fingerprint density at radius 3 is 2.38 bits per heavy atom. The fraction of sp³-hybridized carbons (Fsp3) is 0.727. The van der Waals surface area contributed by atoms with E-state index in [1.807, 2.05) is 0 Å². The highest BCUT2D eigenvalue weighted by molar-refractivity contribution is 5.85. The molecule has 0 saturated carbocycles. The van der Waals surface area contributed by atoms with Gasteiger partial charge in [0.15, 0.2) is 0 Å². The molecule has 2 nitrogen and oxygen atoms in total. The molecule has 0 fully saturated rings. The maximum absolute atomic E-state index is 10.4. The van der Waals surface area contributed by atoms with Gasteiger partial charge < -0.3 is 5.11 Å². The lowest BCUT2D eigenvalue weighted by Gasteiger charge is -2.22. The standard InChI is InChI=1S/C11H20O2/c1-5-11(3,4)8-6-7-9(2)10(12)13/h2,5-8H2,1,3-4H3,(H,12,13). The van der Waals surface area contributed by atoms with Crippen LogP contribution in [0.1, 0.15) is 46.5 Å². The van der Waals surface area contributed by atoms with Gasteiger partial charge in [-0.3, -0.25) is 0 Å². The van der Waals surface area contributed by atoms with Crippen LogP contribution in [0.25, 0.3) is 0 Å². The highest BCUT2D eigenvalue weighted by Gasteiger charge is 2.14. The van der Waals surface area contributed by atoms with Crippen LogP contribution in [0.5, 0.6) is 0 Å². The molecule has 0 radical (unpaired) electrons. The Kier molecular flexibility index (Phi) is 4.74. The van der Waals surface area contributed by atoms with Crippen LogP contribution in [0.4, 0.5) is 0 Å². The fourth-order valence-corrected chi connectivity index (χ4v) is 1.06. The molecule has 0 aromatic rings. The van der Waals surface area contributed by atoms with Crippen molar-refractivity contribution in [2.45, 2.75) is 46.5 Å². The molecule has 0 rings (SSSR count). The van der Waals surface area contributed by atoms with Gasteiger partial charge in [0.1, 0.15) is 0 Å². The first-order valence-electron chi connectivity index (χ1n) is 4.80. The van der Waals surface area contributed by atoms with Crippen LogP contribution in [-0.2, 0) is 4.79 Å². The van der Waals surface area contributed by atoms with Gasteiger partial charge in [0.05, 0.1) is 0 Å². The molecule has 76 valence electrons. The molecule has 2 heteroatoms. The number of carbonyl (C=O) groups is 1. The van der Waals surface area contributed by atoms with Gasteiger partial charge in [-0.1, -0.05) is 33.8 Å². The van der Waals surface area contributed by atoms with Gasteiger partial charge in [-0.05, 0) is 24.7 Å². The molecular formula is C11H20O2. The summed E-state index contributed by atoms with van der Waals surface area (Å²) in [6.07, 6.45) is 3.73. The molecule has 0 amide bonds. The summed E-state index contributed by atoms with van der Waals surface area (Å²) >= 11 is 0. The Bertz CT molecular complexity index is 192. The molecule has 0 aliphatic heterocycles. The number of hydrogen-bond acceptors (Lipinski definition) is 1. The lowest BCUT2D eigenvalue weighted by Crippen LogP contribution is -2.09. The monoisotopic (exact) mass is 184 g/mol. The van der Waals surface area contributed by atoms with E-state index < -0.39 is 5.97 Å². The van der Waals surface area contributed by atoms with E-state index in [0.717, 1.165) is 19.3 Å².